The van der Waals surface area contributed by atoms with Crippen LogP contribution in [-0.2, 0) is 20.3 Å². The van der Waals surface area contributed by atoms with Gasteiger partial charge in [-0.1, -0.05) is 38.4 Å². The lowest BCUT2D eigenvalue weighted by molar-refractivity contribution is -0.0217. The van der Waals surface area contributed by atoms with E-state index in [1.54, 1.807) is 11.3 Å². The van der Waals surface area contributed by atoms with Crippen molar-refractivity contribution in [2.75, 3.05) is 6.61 Å². The third kappa shape index (κ3) is 5.11. The van der Waals surface area contributed by atoms with Crippen molar-refractivity contribution in [1.29, 1.82) is 0 Å². The highest BCUT2D eigenvalue weighted by molar-refractivity contribution is 7.12. The zero-order chi connectivity index (χ0) is 22.1. The molecule has 0 unspecified atom stereocenters. The van der Waals surface area contributed by atoms with Gasteiger partial charge in [-0.15, -0.1) is 11.3 Å². The first-order valence-corrected chi connectivity index (χ1v) is 14.3. The summed E-state index contributed by atoms with van der Waals surface area (Å²) in [6, 6.07) is 7.68. The number of rotatable bonds is 7. The minimum absolute atomic E-state index is 0.165. The van der Waals surface area contributed by atoms with Crippen molar-refractivity contribution in [2.24, 2.45) is 0 Å². The van der Waals surface area contributed by atoms with E-state index >= 15 is 0 Å². The number of aliphatic hydroxyl groups excluding tert-OH is 1. The van der Waals surface area contributed by atoms with Crippen LogP contribution in [-0.4, -0.2) is 20.0 Å². The van der Waals surface area contributed by atoms with Crippen LogP contribution in [0.2, 0.25) is 23.2 Å². The largest absolute Gasteiger partial charge is 0.454 e. The van der Waals surface area contributed by atoms with Gasteiger partial charge in [0.1, 0.15) is 18.6 Å². The first-order chi connectivity index (χ1) is 14.0. The summed E-state index contributed by atoms with van der Waals surface area (Å²) in [6.45, 7) is 13.8. The Bertz CT molecular complexity index is 908. The average Bonchev–Trinajstić information content (AvgIpc) is 3.31. The van der Waals surface area contributed by atoms with Crippen LogP contribution in [0.5, 0.6) is 0 Å². The van der Waals surface area contributed by atoms with Crippen LogP contribution in [0.25, 0.3) is 0 Å². The molecule has 1 aliphatic heterocycles. The van der Waals surface area contributed by atoms with E-state index in [0.29, 0.717) is 11.6 Å². The SMILES string of the molecule is Cc1sc(C2OC=CO2)cc1[C@H](O)c1cc(Cl)ccc1CCO[Si](C)(C)C(C)(C)C. The predicted octanol–water partition coefficient (Wildman–Crippen LogP) is 6.87. The number of hydrogen-bond acceptors (Lipinski definition) is 5. The van der Waals surface area contributed by atoms with Gasteiger partial charge in [0.15, 0.2) is 8.32 Å². The summed E-state index contributed by atoms with van der Waals surface area (Å²) in [5, 5.41) is 12.0. The van der Waals surface area contributed by atoms with Gasteiger partial charge in [0.25, 0.3) is 6.29 Å². The standard InChI is InChI=1S/C23H31ClO4SSi/c1-15-18(14-20(29-15)22-26-11-12-27-22)21(25)19-13-17(24)8-7-16(19)9-10-28-30(5,6)23(2,3)4/h7-8,11-14,21-22,25H,9-10H2,1-6H3/t21-/m0/s1. The van der Waals surface area contributed by atoms with Crippen molar-refractivity contribution in [2.45, 2.75) is 64.6 Å². The highest BCUT2D eigenvalue weighted by Crippen LogP contribution is 2.39. The quantitative estimate of drug-likeness (QED) is 0.452. The fraction of sp³-hybridized carbons (Fsp3) is 0.478. The Hall–Kier alpha value is -1.31. The maximum atomic E-state index is 11.2. The highest BCUT2D eigenvalue weighted by Gasteiger charge is 2.37. The zero-order valence-electron chi connectivity index (χ0n) is 18.5. The number of hydrogen-bond donors (Lipinski definition) is 1. The molecule has 2 heterocycles. The molecule has 0 aliphatic carbocycles. The molecule has 1 aromatic carbocycles. The Balaban J connectivity index is 1.80. The van der Waals surface area contributed by atoms with Gasteiger partial charge in [-0.3, -0.25) is 0 Å². The molecule has 164 valence electrons. The second-order valence-electron chi connectivity index (χ2n) is 9.14. The third-order valence-electron chi connectivity index (χ3n) is 6.01. The van der Waals surface area contributed by atoms with Crippen LogP contribution in [0.1, 0.15) is 59.6 Å². The number of ether oxygens (including phenoxy) is 2. The molecule has 2 aromatic rings. The zero-order valence-corrected chi connectivity index (χ0v) is 21.1. The Labute approximate surface area is 189 Å². The van der Waals surface area contributed by atoms with Gasteiger partial charge >= 0.3 is 0 Å². The van der Waals surface area contributed by atoms with Gasteiger partial charge in [0, 0.05) is 16.5 Å². The number of aliphatic hydroxyl groups is 1. The molecular formula is C23H31ClO4SSi. The fourth-order valence-electron chi connectivity index (χ4n) is 3.13. The van der Waals surface area contributed by atoms with E-state index in [4.69, 9.17) is 25.5 Å². The van der Waals surface area contributed by atoms with Crippen LogP contribution in [0.4, 0.5) is 0 Å². The Morgan fingerprint density at radius 1 is 1.17 bits per heavy atom. The summed E-state index contributed by atoms with van der Waals surface area (Å²) in [4.78, 5) is 1.96. The van der Waals surface area contributed by atoms with Gasteiger partial charge in [-0.2, -0.15) is 0 Å². The molecule has 30 heavy (non-hydrogen) atoms. The van der Waals surface area contributed by atoms with Gasteiger partial charge < -0.3 is 19.0 Å². The number of thiophene rings is 1. The van der Waals surface area contributed by atoms with Crippen molar-refractivity contribution in [3.8, 4) is 0 Å². The average molecular weight is 467 g/mol. The van der Waals surface area contributed by atoms with E-state index in [2.05, 4.69) is 33.9 Å². The maximum absolute atomic E-state index is 11.2. The maximum Gasteiger partial charge on any atom is 0.275 e. The van der Waals surface area contributed by atoms with E-state index in [1.807, 2.05) is 31.2 Å². The molecule has 1 aliphatic rings. The Morgan fingerprint density at radius 3 is 2.47 bits per heavy atom. The molecule has 3 rings (SSSR count). The molecule has 0 bridgehead atoms. The summed E-state index contributed by atoms with van der Waals surface area (Å²) < 4.78 is 17.2. The van der Waals surface area contributed by atoms with Crippen molar-refractivity contribution in [1.82, 2.24) is 0 Å². The summed E-state index contributed by atoms with van der Waals surface area (Å²) in [5.74, 6) is 0. The second kappa shape index (κ2) is 9.05. The third-order valence-corrected chi connectivity index (χ3v) is 11.9. The normalized spacial score (nSPS) is 15.9. The molecule has 1 N–H and O–H groups in total. The Morgan fingerprint density at radius 2 is 1.83 bits per heavy atom. The van der Waals surface area contributed by atoms with Crippen molar-refractivity contribution in [3.63, 3.8) is 0 Å². The summed E-state index contributed by atoms with van der Waals surface area (Å²) in [5.41, 5.74) is 2.72. The van der Waals surface area contributed by atoms with Crippen LogP contribution in [0, 0.1) is 6.92 Å². The lowest BCUT2D eigenvalue weighted by Gasteiger charge is -2.36. The van der Waals surface area contributed by atoms with E-state index < -0.39 is 20.7 Å². The van der Waals surface area contributed by atoms with E-state index in [9.17, 15) is 5.11 Å². The minimum atomic E-state index is -1.82. The first-order valence-electron chi connectivity index (χ1n) is 10.2. The van der Waals surface area contributed by atoms with Gasteiger partial charge in [0.2, 0.25) is 0 Å². The van der Waals surface area contributed by atoms with Crippen LogP contribution in [0.15, 0.2) is 36.8 Å². The molecule has 0 saturated carbocycles. The Kier molecular flexibility index (Phi) is 7.04. The van der Waals surface area contributed by atoms with Crippen molar-refractivity contribution >= 4 is 31.3 Å². The lowest BCUT2D eigenvalue weighted by Crippen LogP contribution is -2.41. The second-order valence-corrected chi connectivity index (χ2v) is 15.7. The molecule has 0 spiro atoms. The van der Waals surface area contributed by atoms with E-state index in [0.717, 1.165) is 32.9 Å². The van der Waals surface area contributed by atoms with Gasteiger partial charge in [-0.05, 0) is 66.4 Å². The van der Waals surface area contributed by atoms with E-state index in [1.165, 1.54) is 12.5 Å². The highest BCUT2D eigenvalue weighted by atomic mass is 35.5. The number of halogens is 1. The van der Waals surface area contributed by atoms with Crippen molar-refractivity contribution in [3.05, 3.63) is 68.3 Å². The topological polar surface area (TPSA) is 47.9 Å². The van der Waals surface area contributed by atoms with Gasteiger partial charge in [0.05, 0.1) is 4.88 Å². The molecule has 1 aromatic heterocycles. The molecule has 1 atom stereocenters. The molecule has 0 fully saturated rings. The minimum Gasteiger partial charge on any atom is -0.454 e. The van der Waals surface area contributed by atoms with Crippen LogP contribution in [0.3, 0.4) is 0 Å². The molecule has 0 amide bonds. The molecule has 7 heteroatoms. The first kappa shape index (κ1) is 23.4. The van der Waals surface area contributed by atoms with E-state index in [-0.39, 0.29) is 5.04 Å². The van der Waals surface area contributed by atoms with Crippen molar-refractivity contribution < 1.29 is 19.0 Å². The summed E-state index contributed by atoms with van der Waals surface area (Å²) in [7, 11) is -1.82. The lowest BCUT2D eigenvalue weighted by atomic mass is 9.95. The molecular weight excluding hydrogens is 436 g/mol. The molecule has 0 saturated heterocycles. The van der Waals surface area contributed by atoms with Crippen LogP contribution >= 0.6 is 22.9 Å². The van der Waals surface area contributed by atoms with Gasteiger partial charge in [-0.25, -0.2) is 0 Å². The number of aryl methyl sites for hydroxylation is 1. The summed E-state index contributed by atoms with van der Waals surface area (Å²) >= 11 is 7.85. The summed E-state index contributed by atoms with van der Waals surface area (Å²) in [6.07, 6.45) is 2.59. The predicted molar refractivity (Wildman–Crippen MR) is 125 cm³/mol. The smallest absolute Gasteiger partial charge is 0.275 e. The fourth-order valence-corrected chi connectivity index (χ4v) is 5.39. The van der Waals surface area contributed by atoms with Crippen LogP contribution < -0.4 is 0 Å². The molecule has 0 radical (unpaired) electrons. The number of benzene rings is 1. The monoisotopic (exact) mass is 466 g/mol. The molecule has 4 nitrogen and oxygen atoms in total.